The van der Waals surface area contributed by atoms with E-state index in [2.05, 4.69) is 22.2 Å². The molecule has 0 aromatic rings. The van der Waals surface area contributed by atoms with E-state index >= 15 is 0 Å². The van der Waals surface area contributed by atoms with Crippen molar-refractivity contribution in [1.82, 2.24) is 15.1 Å². The molecule has 0 aromatic heterocycles. The smallest absolute Gasteiger partial charge is 0.0594 e. The van der Waals surface area contributed by atoms with Crippen molar-refractivity contribution in [2.75, 3.05) is 66.1 Å². The van der Waals surface area contributed by atoms with Crippen molar-refractivity contribution in [3.05, 3.63) is 0 Å². The van der Waals surface area contributed by atoms with Crippen LogP contribution in [0.4, 0.5) is 0 Å². The first-order valence-corrected chi connectivity index (χ1v) is 7.04. The Bertz CT molecular complexity index is 199. The zero-order valence-corrected chi connectivity index (χ0v) is 11.2. The number of nitrogens with zero attached hydrogens (tertiary/aromatic N) is 2. The van der Waals surface area contributed by atoms with Crippen LogP contribution in [-0.4, -0.2) is 75.9 Å². The van der Waals surface area contributed by atoms with Gasteiger partial charge in [-0.3, -0.25) is 4.90 Å². The molecule has 17 heavy (non-hydrogen) atoms. The lowest BCUT2D eigenvalue weighted by molar-refractivity contribution is 0.0382. The Kier molecular flexibility index (Phi) is 5.71. The maximum absolute atomic E-state index is 5.34. The first kappa shape index (κ1) is 13.3. The number of morpholine rings is 1. The minimum Gasteiger partial charge on any atom is -0.379 e. The van der Waals surface area contributed by atoms with Gasteiger partial charge in [-0.2, -0.15) is 0 Å². The van der Waals surface area contributed by atoms with E-state index in [9.17, 15) is 0 Å². The standard InChI is InChI=1S/C13H27N3O/c1-15-5-2-13(3-6-15)12-14-4-7-16-8-10-17-11-9-16/h13-14H,2-12H2,1H3. The molecular formula is C13H27N3O. The number of hydrogen-bond donors (Lipinski definition) is 1. The number of rotatable bonds is 5. The molecule has 0 unspecified atom stereocenters. The fourth-order valence-electron chi connectivity index (χ4n) is 2.63. The van der Waals surface area contributed by atoms with Crippen LogP contribution in [0.1, 0.15) is 12.8 Å². The Morgan fingerprint density at radius 1 is 1.12 bits per heavy atom. The van der Waals surface area contributed by atoms with Crippen LogP contribution in [0.25, 0.3) is 0 Å². The van der Waals surface area contributed by atoms with Crippen molar-refractivity contribution in [2.45, 2.75) is 12.8 Å². The van der Waals surface area contributed by atoms with Gasteiger partial charge in [0, 0.05) is 26.2 Å². The van der Waals surface area contributed by atoms with Crippen LogP contribution in [-0.2, 0) is 4.74 Å². The molecule has 2 fully saturated rings. The Morgan fingerprint density at radius 3 is 2.53 bits per heavy atom. The van der Waals surface area contributed by atoms with Crippen LogP contribution < -0.4 is 5.32 Å². The molecule has 0 spiro atoms. The molecule has 0 amide bonds. The molecule has 2 heterocycles. The summed E-state index contributed by atoms with van der Waals surface area (Å²) in [7, 11) is 2.22. The van der Waals surface area contributed by atoms with E-state index < -0.39 is 0 Å². The van der Waals surface area contributed by atoms with Crippen LogP contribution in [0.3, 0.4) is 0 Å². The SMILES string of the molecule is CN1CCC(CNCCN2CCOCC2)CC1. The van der Waals surface area contributed by atoms with Gasteiger partial charge >= 0.3 is 0 Å². The topological polar surface area (TPSA) is 27.7 Å². The summed E-state index contributed by atoms with van der Waals surface area (Å²) in [5.41, 5.74) is 0. The van der Waals surface area contributed by atoms with Gasteiger partial charge in [0.1, 0.15) is 0 Å². The summed E-state index contributed by atoms with van der Waals surface area (Å²) in [6.45, 7) is 10.1. The van der Waals surface area contributed by atoms with Gasteiger partial charge < -0.3 is 15.0 Å². The van der Waals surface area contributed by atoms with Crippen molar-refractivity contribution < 1.29 is 4.74 Å². The maximum Gasteiger partial charge on any atom is 0.0594 e. The van der Waals surface area contributed by atoms with Crippen LogP contribution in [0.2, 0.25) is 0 Å². The van der Waals surface area contributed by atoms with E-state index in [4.69, 9.17) is 4.74 Å². The molecule has 4 nitrogen and oxygen atoms in total. The summed E-state index contributed by atoms with van der Waals surface area (Å²) in [6.07, 6.45) is 2.72. The first-order valence-electron chi connectivity index (χ1n) is 7.04. The van der Waals surface area contributed by atoms with Gasteiger partial charge in [-0.15, -0.1) is 0 Å². The second-order valence-electron chi connectivity index (χ2n) is 5.40. The molecule has 1 N–H and O–H groups in total. The Morgan fingerprint density at radius 2 is 1.82 bits per heavy atom. The molecular weight excluding hydrogens is 214 g/mol. The molecule has 100 valence electrons. The van der Waals surface area contributed by atoms with Crippen molar-refractivity contribution in [3.8, 4) is 0 Å². The quantitative estimate of drug-likeness (QED) is 0.698. The third-order valence-electron chi connectivity index (χ3n) is 3.98. The van der Waals surface area contributed by atoms with Gasteiger partial charge in [0.2, 0.25) is 0 Å². The predicted molar refractivity (Wildman–Crippen MR) is 70.3 cm³/mol. The molecule has 2 saturated heterocycles. The summed E-state index contributed by atoms with van der Waals surface area (Å²) in [5, 5.41) is 3.62. The van der Waals surface area contributed by atoms with Crippen molar-refractivity contribution >= 4 is 0 Å². The molecule has 0 aliphatic carbocycles. The number of nitrogens with one attached hydrogen (secondary N) is 1. The largest absolute Gasteiger partial charge is 0.379 e. The zero-order valence-electron chi connectivity index (χ0n) is 11.2. The molecule has 2 aliphatic heterocycles. The molecule has 4 heteroatoms. The molecule has 0 aromatic carbocycles. The van der Waals surface area contributed by atoms with Crippen molar-refractivity contribution in [2.24, 2.45) is 5.92 Å². The highest BCUT2D eigenvalue weighted by Gasteiger charge is 2.16. The van der Waals surface area contributed by atoms with E-state index in [0.29, 0.717) is 0 Å². The van der Waals surface area contributed by atoms with Crippen molar-refractivity contribution in [1.29, 1.82) is 0 Å². The van der Waals surface area contributed by atoms with Crippen molar-refractivity contribution in [3.63, 3.8) is 0 Å². The third-order valence-corrected chi connectivity index (χ3v) is 3.98. The van der Waals surface area contributed by atoms with Gasteiger partial charge in [0.05, 0.1) is 13.2 Å². The highest BCUT2D eigenvalue weighted by Crippen LogP contribution is 2.14. The monoisotopic (exact) mass is 241 g/mol. The molecule has 0 bridgehead atoms. The lowest BCUT2D eigenvalue weighted by Crippen LogP contribution is -2.41. The van der Waals surface area contributed by atoms with Gasteiger partial charge in [-0.25, -0.2) is 0 Å². The Labute approximate surface area is 105 Å². The van der Waals surface area contributed by atoms with Crippen LogP contribution >= 0.6 is 0 Å². The average molecular weight is 241 g/mol. The second-order valence-corrected chi connectivity index (χ2v) is 5.40. The molecule has 0 atom stereocenters. The van der Waals surface area contributed by atoms with E-state index in [1.165, 1.54) is 39.0 Å². The van der Waals surface area contributed by atoms with Gasteiger partial charge in [-0.05, 0) is 45.4 Å². The minimum atomic E-state index is 0.899. The van der Waals surface area contributed by atoms with Crippen LogP contribution in [0.5, 0.6) is 0 Å². The maximum atomic E-state index is 5.34. The molecule has 0 radical (unpaired) electrons. The van der Waals surface area contributed by atoms with Gasteiger partial charge in [0.15, 0.2) is 0 Å². The molecule has 2 aliphatic rings. The number of hydrogen-bond acceptors (Lipinski definition) is 4. The molecule has 0 saturated carbocycles. The summed E-state index contributed by atoms with van der Waals surface area (Å²) in [6, 6.07) is 0. The third kappa shape index (κ3) is 4.92. The Balaban J connectivity index is 1.48. The summed E-state index contributed by atoms with van der Waals surface area (Å²) in [5.74, 6) is 0.899. The fraction of sp³-hybridized carbons (Fsp3) is 1.00. The fourth-order valence-corrected chi connectivity index (χ4v) is 2.63. The first-order chi connectivity index (χ1) is 8.34. The Hall–Kier alpha value is -0.160. The summed E-state index contributed by atoms with van der Waals surface area (Å²) < 4.78 is 5.34. The summed E-state index contributed by atoms with van der Waals surface area (Å²) in [4.78, 5) is 4.93. The number of piperidine rings is 1. The second kappa shape index (κ2) is 7.31. The van der Waals surface area contributed by atoms with Gasteiger partial charge in [0.25, 0.3) is 0 Å². The van der Waals surface area contributed by atoms with Crippen LogP contribution in [0, 0.1) is 5.92 Å². The van der Waals surface area contributed by atoms with Gasteiger partial charge in [-0.1, -0.05) is 0 Å². The van der Waals surface area contributed by atoms with E-state index in [1.807, 2.05) is 0 Å². The highest BCUT2D eigenvalue weighted by atomic mass is 16.5. The highest BCUT2D eigenvalue weighted by molar-refractivity contribution is 4.72. The lowest BCUT2D eigenvalue weighted by Gasteiger charge is -2.30. The van der Waals surface area contributed by atoms with E-state index in [1.54, 1.807) is 0 Å². The summed E-state index contributed by atoms with van der Waals surface area (Å²) >= 11 is 0. The predicted octanol–water partition coefficient (Wildman–Crippen LogP) is 0.250. The zero-order chi connectivity index (χ0) is 11.9. The normalized spacial score (nSPS) is 25.2. The van der Waals surface area contributed by atoms with E-state index in [-0.39, 0.29) is 0 Å². The number of ether oxygens (including phenoxy) is 1. The van der Waals surface area contributed by atoms with E-state index in [0.717, 1.165) is 38.8 Å². The number of likely N-dealkylation sites (tertiary alicyclic amines) is 1. The van der Waals surface area contributed by atoms with Crippen LogP contribution in [0.15, 0.2) is 0 Å². The lowest BCUT2D eigenvalue weighted by atomic mass is 9.97. The molecule has 2 rings (SSSR count). The average Bonchev–Trinajstić information content (AvgIpc) is 2.38. The minimum absolute atomic E-state index is 0.899.